The molecule has 5 nitrogen and oxygen atoms in total. The molecule has 2 aromatic rings. The highest BCUT2D eigenvalue weighted by Gasteiger charge is 2.14. The van der Waals surface area contributed by atoms with E-state index in [0.717, 1.165) is 11.0 Å². The summed E-state index contributed by atoms with van der Waals surface area (Å²) >= 11 is 1.65. The van der Waals surface area contributed by atoms with Crippen LogP contribution in [0.15, 0.2) is 35.5 Å². The number of nitrogens with two attached hydrogens (primary N) is 1. The van der Waals surface area contributed by atoms with Crippen molar-refractivity contribution in [2.24, 2.45) is 12.8 Å². The van der Waals surface area contributed by atoms with Crippen LogP contribution >= 0.6 is 11.8 Å². The molecule has 0 aliphatic heterocycles. The van der Waals surface area contributed by atoms with Gasteiger partial charge < -0.3 is 10.3 Å². The maximum atomic E-state index is 10.8. The van der Waals surface area contributed by atoms with Crippen molar-refractivity contribution in [1.29, 1.82) is 0 Å². The zero-order valence-electron chi connectivity index (χ0n) is 11.6. The van der Waals surface area contributed by atoms with Gasteiger partial charge in [0.15, 0.2) is 5.16 Å². The number of nitrogens with zero attached hydrogens (tertiary/aromatic N) is 3. The van der Waals surface area contributed by atoms with Crippen molar-refractivity contribution in [2.75, 3.05) is 0 Å². The van der Waals surface area contributed by atoms with E-state index in [1.807, 2.05) is 29.8 Å². The van der Waals surface area contributed by atoms with Crippen molar-refractivity contribution in [2.45, 2.75) is 30.2 Å². The number of aromatic nitrogens is 3. The molecule has 1 amide bonds. The minimum atomic E-state index is -0.320. The number of hydrogen-bond acceptors (Lipinski definition) is 4. The van der Waals surface area contributed by atoms with Crippen molar-refractivity contribution in [3.05, 3.63) is 41.7 Å². The van der Waals surface area contributed by atoms with Crippen molar-refractivity contribution < 1.29 is 4.79 Å². The molecular formula is C14H18N4OS. The zero-order valence-corrected chi connectivity index (χ0v) is 12.4. The van der Waals surface area contributed by atoms with Gasteiger partial charge in [-0.15, -0.1) is 10.2 Å². The highest BCUT2D eigenvalue weighted by atomic mass is 32.2. The Labute approximate surface area is 122 Å². The number of amides is 1. The van der Waals surface area contributed by atoms with Crippen LogP contribution in [0.2, 0.25) is 0 Å². The van der Waals surface area contributed by atoms with Crippen LogP contribution in [0, 0.1) is 0 Å². The average molecular weight is 290 g/mol. The molecule has 0 radical (unpaired) electrons. The summed E-state index contributed by atoms with van der Waals surface area (Å²) < 4.78 is 1.92. The highest BCUT2D eigenvalue weighted by molar-refractivity contribution is 7.99. The normalized spacial score (nSPS) is 12.3. The number of carbonyl (C=O) groups is 1. The van der Waals surface area contributed by atoms with Crippen LogP contribution in [0.3, 0.4) is 0 Å². The van der Waals surface area contributed by atoms with Gasteiger partial charge in [-0.3, -0.25) is 4.79 Å². The second-order valence-corrected chi connectivity index (χ2v) is 5.90. The molecule has 0 bridgehead atoms. The van der Waals surface area contributed by atoms with Gasteiger partial charge in [0.25, 0.3) is 0 Å². The second-order valence-electron chi connectivity index (χ2n) is 4.59. The summed E-state index contributed by atoms with van der Waals surface area (Å²) in [7, 11) is 1.91. The van der Waals surface area contributed by atoms with Gasteiger partial charge in [-0.2, -0.15) is 0 Å². The van der Waals surface area contributed by atoms with Gasteiger partial charge in [0.05, 0.1) is 0 Å². The molecule has 0 unspecified atom stereocenters. The summed E-state index contributed by atoms with van der Waals surface area (Å²) in [6, 6.07) is 10.3. The van der Waals surface area contributed by atoms with E-state index in [1.165, 1.54) is 5.56 Å². The van der Waals surface area contributed by atoms with E-state index in [9.17, 15) is 4.79 Å². The largest absolute Gasteiger partial charge is 0.370 e. The van der Waals surface area contributed by atoms with Crippen LogP contribution in [-0.2, 0) is 18.3 Å². The smallest absolute Gasteiger partial charge is 0.217 e. The molecule has 0 aliphatic rings. The first-order valence-corrected chi connectivity index (χ1v) is 7.34. The van der Waals surface area contributed by atoms with Crippen LogP contribution in [0.1, 0.15) is 30.0 Å². The molecule has 1 atom stereocenters. The summed E-state index contributed by atoms with van der Waals surface area (Å²) in [5.74, 6) is 0.464. The third-order valence-corrected chi connectivity index (χ3v) is 4.26. The van der Waals surface area contributed by atoms with Crippen LogP contribution in [0.25, 0.3) is 0 Å². The second kappa shape index (κ2) is 6.56. The lowest BCUT2D eigenvalue weighted by Crippen LogP contribution is -2.12. The first kappa shape index (κ1) is 14.6. The standard InChI is InChI=1S/C14H18N4OS/c1-10(11-6-4-3-5-7-11)20-14-17-16-13(18(14)2)9-8-12(15)19/h3-7,10H,8-9H2,1-2H3,(H2,15,19)/t10-/m1/s1. The monoisotopic (exact) mass is 290 g/mol. The van der Waals surface area contributed by atoms with Gasteiger partial charge in [0, 0.05) is 25.1 Å². The molecule has 0 aliphatic carbocycles. The SMILES string of the molecule is C[C@@H](Sc1nnc(CCC(N)=O)n1C)c1ccccc1. The first-order valence-electron chi connectivity index (χ1n) is 6.46. The summed E-state index contributed by atoms with van der Waals surface area (Å²) in [6.07, 6.45) is 0.823. The summed E-state index contributed by atoms with van der Waals surface area (Å²) in [4.78, 5) is 10.8. The van der Waals surface area contributed by atoms with Gasteiger partial charge in [0.2, 0.25) is 5.91 Å². The van der Waals surface area contributed by atoms with Gasteiger partial charge >= 0.3 is 0 Å². The minimum Gasteiger partial charge on any atom is -0.370 e. The molecule has 0 saturated carbocycles. The van der Waals surface area contributed by atoms with Crippen LogP contribution < -0.4 is 5.73 Å². The van der Waals surface area contributed by atoms with E-state index in [-0.39, 0.29) is 5.91 Å². The Balaban J connectivity index is 2.05. The molecule has 1 aromatic carbocycles. The number of benzene rings is 1. The van der Waals surface area contributed by atoms with Crippen molar-refractivity contribution >= 4 is 17.7 Å². The molecule has 0 fully saturated rings. The maximum absolute atomic E-state index is 10.8. The Hall–Kier alpha value is -1.82. The third kappa shape index (κ3) is 3.60. The van der Waals surface area contributed by atoms with E-state index in [4.69, 9.17) is 5.73 Å². The van der Waals surface area contributed by atoms with E-state index < -0.39 is 0 Å². The number of aryl methyl sites for hydroxylation is 1. The first-order chi connectivity index (χ1) is 9.58. The lowest BCUT2D eigenvalue weighted by Gasteiger charge is -2.10. The summed E-state index contributed by atoms with van der Waals surface area (Å²) in [6.45, 7) is 2.14. The topological polar surface area (TPSA) is 73.8 Å². The van der Waals surface area contributed by atoms with Gasteiger partial charge in [-0.05, 0) is 12.5 Å². The van der Waals surface area contributed by atoms with Crippen LogP contribution in [0.4, 0.5) is 0 Å². The van der Waals surface area contributed by atoms with Crippen LogP contribution in [-0.4, -0.2) is 20.7 Å². The zero-order chi connectivity index (χ0) is 14.5. The van der Waals surface area contributed by atoms with E-state index >= 15 is 0 Å². The fourth-order valence-corrected chi connectivity index (χ4v) is 2.81. The number of rotatable bonds is 6. The van der Waals surface area contributed by atoms with E-state index in [1.54, 1.807) is 11.8 Å². The van der Waals surface area contributed by atoms with E-state index in [0.29, 0.717) is 18.1 Å². The Morgan fingerprint density at radius 3 is 2.70 bits per heavy atom. The Morgan fingerprint density at radius 1 is 1.35 bits per heavy atom. The number of primary amides is 1. The molecule has 6 heteroatoms. The van der Waals surface area contributed by atoms with E-state index in [2.05, 4.69) is 29.3 Å². The fourth-order valence-electron chi connectivity index (χ4n) is 1.85. The van der Waals surface area contributed by atoms with Crippen molar-refractivity contribution in [1.82, 2.24) is 14.8 Å². The minimum absolute atomic E-state index is 0.295. The summed E-state index contributed by atoms with van der Waals surface area (Å²) in [5, 5.41) is 9.44. The quantitative estimate of drug-likeness (QED) is 0.827. The highest BCUT2D eigenvalue weighted by Crippen LogP contribution is 2.33. The van der Waals surface area contributed by atoms with Crippen LogP contribution in [0.5, 0.6) is 0 Å². The van der Waals surface area contributed by atoms with Gasteiger partial charge in [0.1, 0.15) is 5.82 Å². The Kier molecular flexibility index (Phi) is 4.79. The molecule has 106 valence electrons. The summed E-state index contributed by atoms with van der Waals surface area (Å²) in [5.41, 5.74) is 6.40. The molecule has 1 aromatic heterocycles. The third-order valence-electron chi connectivity index (χ3n) is 3.07. The molecule has 20 heavy (non-hydrogen) atoms. The van der Waals surface area contributed by atoms with Gasteiger partial charge in [-0.1, -0.05) is 42.1 Å². The van der Waals surface area contributed by atoms with Crippen molar-refractivity contribution in [3.63, 3.8) is 0 Å². The lowest BCUT2D eigenvalue weighted by molar-refractivity contribution is -0.118. The predicted octanol–water partition coefficient (Wildman–Crippen LogP) is 2.09. The van der Waals surface area contributed by atoms with Gasteiger partial charge in [-0.25, -0.2) is 0 Å². The average Bonchev–Trinajstić information content (AvgIpc) is 2.78. The molecule has 0 saturated heterocycles. The van der Waals surface area contributed by atoms with Crippen molar-refractivity contribution in [3.8, 4) is 0 Å². The fraction of sp³-hybridized carbons (Fsp3) is 0.357. The maximum Gasteiger partial charge on any atom is 0.217 e. The molecule has 0 spiro atoms. The number of hydrogen-bond donors (Lipinski definition) is 1. The molecule has 2 N–H and O–H groups in total. The lowest BCUT2D eigenvalue weighted by atomic mass is 10.2. The number of carbonyl (C=O) groups excluding carboxylic acids is 1. The molecule has 2 rings (SSSR count). The number of thioether (sulfide) groups is 1. The predicted molar refractivity (Wildman–Crippen MR) is 79.2 cm³/mol. The Bertz CT molecular complexity index is 582. The Morgan fingerprint density at radius 2 is 2.05 bits per heavy atom. The molecule has 1 heterocycles. The molecular weight excluding hydrogens is 272 g/mol.